The molecule has 4 amide bonds. The Morgan fingerprint density at radius 2 is 1.50 bits per heavy atom. The molecule has 294 valence electrons. The lowest BCUT2D eigenvalue weighted by atomic mass is 9.90. The van der Waals surface area contributed by atoms with E-state index in [4.69, 9.17) is 5.73 Å². The van der Waals surface area contributed by atoms with E-state index < -0.39 is 72.0 Å². The van der Waals surface area contributed by atoms with Crippen molar-refractivity contribution in [2.24, 2.45) is 29.4 Å². The van der Waals surface area contributed by atoms with Gasteiger partial charge in [-0.15, -0.1) is 0 Å². The number of rotatable bonds is 22. The molecule has 1 heterocycles. The molecule has 1 aromatic carbocycles. The molecular formula is C38H64N6O8. The van der Waals surface area contributed by atoms with Crippen LogP contribution in [-0.4, -0.2) is 112 Å². The Bertz CT molecular complexity index is 1300. The molecule has 1 saturated heterocycles. The van der Waals surface area contributed by atoms with E-state index >= 15 is 0 Å². The van der Waals surface area contributed by atoms with E-state index in [1.54, 1.807) is 24.3 Å². The monoisotopic (exact) mass is 732 g/mol. The van der Waals surface area contributed by atoms with Crippen LogP contribution in [0.3, 0.4) is 0 Å². The van der Waals surface area contributed by atoms with Crippen molar-refractivity contribution in [1.82, 2.24) is 26.2 Å². The Morgan fingerprint density at radius 1 is 0.885 bits per heavy atom. The summed E-state index contributed by atoms with van der Waals surface area (Å²) in [6.07, 6.45) is -0.536. The molecule has 14 nitrogen and oxygen atoms in total. The molecular weight excluding hydrogens is 668 g/mol. The third kappa shape index (κ3) is 13.1. The zero-order chi connectivity index (χ0) is 39.1. The maximum Gasteiger partial charge on any atom is 0.326 e. The molecule has 9 N–H and O–H groups in total. The molecule has 1 aliphatic rings. The van der Waals surface area contributed by atoms with Gasteiger partial charge in [-0.05, 0) is 55.7 Å². The van der Waals surface area contributed by atoms with Gasteiger partial charge in [0, 0.05) is 13.0 Å². The summed E-state index contributed by atoms with van der Waals surface area (Å²) in [4.78, 5) is 67.2. The Kier molecular flexibility index (Phi) is 18.7. The average Bonchev–Trinajstić information content (AvgIpc) is 3.60. The van der Waals surface area contributed by atoms with Crippen LogP contribution < -0.4 is 27.0 Å². The van der Waals surface area contributed by atoms with Gasteiger partial charge >= 0.3 is 5.97 Å². The van der Waals surface area contributed by atoms with Crippen molar-refractivity contribution in [3.63, 3.8) is 0 Å². The Labute approximate surface area is 309 Å². The van der Waals surface area contributed by atoms with Crippen LogP contribution in [0.1, 0.15) is 86.1 Å². The van der Waals surface area contributed by atoms with Crippen molar-refractivity contribution in [1.29, 1.82) is 0 Å². The smallest absolute Gasteiger partial charge is 0.326 e. The molecule has 14 heteroatoms. The number of carbonyl (C=O) groups is 5. The summed E-state index contributed by atoms with van der Waals surface area (Å²) in [6, 6.07) is 4.74. The predicted molar refractivity (Wildman–Crippen MR) is 199 cm³/mol. The number of carbonyl (C=O) groups excluding carboxylic acids is 4. The number of nitrogens with one attached hydrogen (secondary N) is 4. The van der Waals surface area contributed by atoms with Gasteiger partial charge in [-0.1, -0.05) is 85.2 Å². The van der Waals surface area contributed by atoms with Crippen LogP contribution in [0.15, 0.2) is 30.3 Å². The van der Waals surface area contributed by atoms with Gasteiger partial charge in [-0.2, -0.15) is 0 Å². The van der Waals surface area contributed by atoms with Crippen LogP contribution >= 0.6 is 0 Å². The Balaban J connectivity index is 2.12. The van der Waals surface area contributed by atoms with Crippen LogP contribution in [0.5, 0.6) is 0 Å². The van der Waals surface area contributed by atoms with E-state index in [2.05, 4.69) is 21.3 Å². The molecule has 1 fully saturated rings. The molecule has 0 saturated carbocycles. The predicted octanol–water partition coefficient (Wildman–Crippen LogP) is 1.17. The lowest BCUT2D eigenvalue weighted by Gasteiger charge is -2.35. The van der Waals surface area contributed by atoms with E-state index in [-0.39, 0.29) is 36.5 Å². The Hall–Kier alpha value is -3.59. The summed E-state index contributed by atoms with van der Waals surface area (Å²) in [5.74, 6) is -4.63. The molecule has 1 aromatic rings. The van der Waals surface area contributed by atoms with Gasteiger partial charge in [0.15, 0.2) is 0 Å². The minimum Gasteiger partial charge on any atom is -0.480 e. The topological polar surface area (TPSA) is 223 Å². The van der Waals surface area contributed by atoms with E-state index in [0.29, 0.717) is 45.3 Å². The number of hydrogen-bond acceptors (Lipinski definition) is 9. The second-order valence-corrected chi connectivity index (χ2v) is 14.9. The van der Waals surface area contributed by atoms with Gasteiger partial charge in [0.05, 0.1) is 42.7 Å². The van der Waals surface area contributed by atoms with E-state index in [9.17, 15) is 39.3 Å². The number of hydrogen-bond donors (Lipinski definition) is 8. The number of likely N-dealkylation sites (tertiary alicyclic amines) is 1. The van der Waals surface area contributed by atoms with Crippen LogP contribution in [0.4, 0.5) is 0 Å². The van der Waals surface area contributed by atoms with Gasteiger partial charge < -0.3 is 47.2 Å². The fraction of sp³-hybridized carbons (Fsp3) is 0.711. The van der Waals surface area contributed by atoms with Crippen molar-refractivity contribution in [2.45, 2.75) is 129 Å². The number of nitrogens with two attached hydrogens (primary N) is 1. The maximum absolute atomic E-state index is 13.7. The highest BCUT2D eigenvalue weighted by Crippen LogP contribution is 2.26. The van der Waals surface area contributed by atoms with Crippen molar-refractivity contribution in [3.8, 4) is 0 Å². The summed E-state index contributed by atoms with van der Waals surface area (Å²) in [5.41, 5.74) is 6.34. The second-order valence-electron chi connectivity index (χ2n) is 14.9. The third-order valence-electron chi connectivity index (χ3n) is 10.1. The zero-order valence-corrected chi connectivity index (χ0v) is 32.0. The standard InChI is InChI=1S/C38H64N6O8/c1-8-24(6)33(43-37(50)32(23(4)5)42-36(49)31(22(2)3)40-18-13-17-39)29(45)21-30(46)44-19-12-16-28(44)34(47)25(7)35(48)41-27(38(51)52)20-26-14-10-9-11-15-26/h9-11,14-15,22-25,27-29,31-34,40,45,47H,8,12-13,16-21,39H2,1-7H3,(H,41,48)(H,42,49)(H,43,50)(H,51,52)/t24-,25+,27-,28-,29+,31-,32-,33-,34+/m0/s1. The number of aliphatic hydroxyl groups is 2. The first-order valence-corrected chi connectivity index (χ1v) is 18.8. The van der Waals surface area contributed by atoms with Crippen molar-refractivity contribution < 1.29 is 39.3 Å². The van der Waals surface area contributed by atoms with E-state index in [0.717, 1.165) is 5.56 Å². The van der Waals surface area contributed by atoms with Gasteiger partial charge in [-0.25, -0.2) is 4.79 Å². The van der Waals surface area contributed by atoms with Crippen LogP contribution in [-0.2, 0) is 30.4 Å². The fourth-order valence-electron chi connectivity index (χ4n) is 6.62. The van der Waals surface area contributed by atoms with E-state index in [1.165, 1.54) is 11.8 Å². The number of nitrogens with zero attached hydrogens (tertiary/aromatic N) is 1. The highest BCUT2D eigenvalue weighted by atomic mass is 16.4. The molecule has 0 bridgehead atoms. The molecule has 0 unspecified atom stereocenters. The minimum absolute atomic E-state index is 0.0408. The van der Waals surface area contributed by atoms with E-state index in [1.807, 2.05) is 47.6 Å². The zero-order valence-electron chi connectivity index (χ0n) is 32.0. The summed E-state index contributed by atoms with van der Waals surface area (Å²) in [6.45, 7) is 14.1. The van der Waals surface area contributed by atoms with Crippen LogP contribution in [0.25, 0.3) is 0 Å². The SMILES string of the molecule is CC[C@H](C)[C@H](NC(=O)[C@@H](NC(=O)[C@@H](NCCCN)C(C)C)C(C)C)[C@H](O)CC(=O)N1CCC[C@H]1[C@H](O)[C@@H](C)C(=O)N[C@@H](Cc1ccccc1)C(=O)O. The molecule has 1 aliphatic heterocycles. The maximum atomic E-state index is 13.7. The fourth-order valence-corrected chi connectivity index (χ4v) is 6.62. The van der Waals surface area contributed by atoms with Crippen molar-refractivity contribution >= 4 is 29.6 Å². The first-order chi connectivity index (χ1) is 24.5. The molecule has 52 heavy (non-hydrogen) atoms. The normalized spacial score (nSPS) is 19.2. The van der Waals surface area contributed by atoms with Gasteiger partial charge in [0.1, 0.15) is 12.1 Å². The first kappa shape index (κ1) is 44.6. The molecule has 0 aromatic heterocycles. The Morgan fingerprint density at radius 3 is 2.06 bits per heavy atom. The highest BCUT2D eigenvalue weighted by molar-refractivity contribution is 5.90. The first-order valence-electron chi connectivity index (χ1n) is 18.8. The molecule has 2 rings (SSSR count). The van der Waals surface area contributed by atoms with Crippen molar-refractivity contribution in [2.75, 3.05) is 19.6 Å². The number of aliphatic carboxylic acids is 1. The number of benzene rings is 1. The van der Waals surface area contributed by atoms with Gasteiger partial charge in [0.2, 0.25) is 23.6 Å². The van der Waals surface area contributed by atoms with Gasteiger partial charge in [-0.3, -0.25) is 19.2 Å². The molecule has 0 spiro atoms. The van der Waals surface area contributed by atoms with Crippen molar-refractivity contribution in [3.05, 3.63) is 35.9 Å². The highest BCUT2D eigenvalue weighted by Gasteiger charge is 2.41. The summed E-state index contributed by atoms with van der Waals surface area (Å²) in [5, 5.41) is 44.0. The lowest BCUT2D eigenvalue weighted by Crippen LogP contribution is -2.59. The molecule has 0 aliphatic carbocycles. The van der Waals surface area contributed by atoms with Crippen LogP contribution in [0.2, 0.25) is 0 Å². The van der Waals surface area contributed by atoms with Crippen LogP contribution in [0, 0.1) is 23.7 Å². The summed E-state index contributed by atoms with van der Waals surface area (Å²) < 4.78 is 0. The number of amides is 4. The minimum atomic E-state index is -1.28. The largest absolute Gasteiger partial charge is 0.480 e. The number of carboxylic acid groups (broad SMARTS) is 1. The third-order valence-corrected chi connectivity index (χ3v) is 10.1. The second kappa shape index (κ2) is 21.8. The molecule has 9 atom stereocenters. The molecule has 0 radical (unpaired) electrons. The quantitative estimate of drug-likeness (QED) is 0.0795. The lowest BCUT2D eigenvalue weighted by molar-refractivity contribution is -0.144. The summed E-state index contributed by atoms with van der Waals surface area (Å²) in [7, 11) is 0. The summed E-state index contributed by atoms with van der Waals surface area (Å²) >= 11 is 0. The average molecular weight is 733 g/mol. The number of aliphatic hydroxyl groups excluding tert-OH is 2. The van der Waals surface area contributed by atoms with Gasteiger partial charge in [0.25, 0.3) is 0 Å². The number of carboxylic acids is 1.